The first-order chi connectivity index (χ1) is 9.85. The molecule has 0 atom stereocenters. The Kier molecular flexibility index (Phi) is 4.64. The molecule has 0 spiro atoms. The number of aryl methyl sites for hydroxylation is 1. The number of sulfonamides is 1. The number of hydrogen-bond acceptors (Lipinski definition) is 4. The number of aromatic nitrogens is 2. The summed E-state index contributed by atoms with van der Waals surface area (Å²) in [6.45, 7) is 1.91. The summed E-state index contributed by atoms with van der Waals surface area (Å²) in [7, 11) is -2.18. The van der Waals surface area contributed by atoms with E-state index >= 15 is 0 Å². The van der Waals surface area contributed by atoms with Crippen LogP contribution in [0.2, 0.25) is 0 Å². The van der Waals surface area contributed by atoms with Crippen molar-refractivity contribution in [2.45, 2.75) is 18.4 Å². The lowest BCUT2D eigenvalue weighted by atomic mass is 10.3. The molecule has 2 rings (SSSR count). The molecule has 3 N–H and O–H groups in total. The van der Waals surface area contributed by atoms with E-state index in [0.717, 1.165) is 6.07 Å². The Morgan fingerprint density at radius 3 is 2.81 bits per heavy atom. The number of rotatable bonds is 5. The Labute approximate surface area is 130 Å². The van der Waals surface area contributed by atoms with Gasteiger partial charge in [-0.1, -0.05) is 0 Å². The first-order valence-electron chi connectivity index (χ1n) is 6.01. The zero-order valence-electron chi connectivity index (χ0n) is 11.4. The van der Waals surface area contributed by atoms with Gasteiger partial charge in [-0.3, -0.25) is 9.82 Å². The monoisotopic (exact) mass is 376 g/mol. The van der Waals surface area contributed by atoms with Crippen LogP contribution in [0.1, 0.15) is 11.4 Å². The number of nitrogens with zero attached hydrogens (tertiary/aromatic N) is 1. The highest BCUT2D eigenvalue weighted by atomic mass is 79.9. The van der Waals surface area contributed by atoms with Crippen LogP contribution in [-0.4, -0.2) is 25.7 Å². The number of anilines is 1. The van der Waals surface area contributed by atoms with E-state index in [0.29, 0.717) is 22.4 Å². The summed E-state index contributed by atoms with van der Waals surface area (Å²) in [6, 6.07) is 3.77. The second kappa shape index (κ2) is 6.12. The molecule has 21 heavy (non-hydrogen) atoms. The molecule has 0 unspecified atom stereocenters. The van der Waals surface area contributed by atoms with E-state index in [-0.39, 0.29) is 10.6 Å². The van der Waals surface area contributed by atoms with E-state index in [1.807, 2.05) is 0 Å². The normalized spacial score (nSPS) is 11.6. The molecule has 2 aromatic rings. The molecular formula is C12H14BrFN4O2S. The highest BCUT2D eigenvalue weighted by Gasteiger charge is 2.24. The van der Waals surface area contributed by atoms with Gasteiger partial charge in [0.25, 0.3) is 10.0 Å². The molecule has 0 amide bonds. The number of nitrogens with one attached hydrogen (secondary N) is 3. The lowest BCUT2D eigenvalue weighted by Gasteiger charge is -2.10. The Hall–Kier alpha value is -1.45. The van der Waals surface area contributed by atoms with Crippen LogP contribution in [0.5, 0.6) is 0 Å². The van der Waals surface area contributed by atoms with E-state index in [1.54, 1.807) is 14.0 Å². The minimum Gasteiger partial charge on any atom is -0.314 e. The third kappa shape index (κ3) is 3.42. The lowest BCUT2D eigenvalue weighted by Crippen LogP contribution is -2.17. The molecule has 0 bridgehead atoms. The summed E-state index contributed by atoms with van der Waals surface area (Å²) >= 11 is 3.18. The van der Waals surface area contributed by atoms with Crippen LogP contribution >= 0.6 is 15.9 Å². The molecular weight excluding hydrogens is 363 g/mol. The predicted molar refractivity (Wildman–Crippen MR) is 81.0 cm³/mol. The van der Waals surface area contributed by atoms with E-state index in [9.17, 15) is 12.8 Å². The van der Waals surface area contributed by atoms with E-state index < -0.39 is 15.8 Å². The number of benzene rings is 1. The molecule has 0 fully saturated rings. The van der Waals surface area contributed by atoms with Crippen LogP contribution in [0.15, 0.2) is 27.6 Å². The van der Waals surface area contributed by atoms with E-state index in [1.165, 1.54) is 12.1 Å². The summed E-state index contributed by atoms with van der Waals surface area (Å²) in [4.78, 5) is 0.0630. The Balaban J connectivity index is 2.43. The summed E-state index contributed by atoms with van der Waals surface area (Å²) in [5.41, 5.74) is 0.918. The summed E-state index contributed by atoms with van der Waals surface area (Å²) in [5, 5.41) is 9.46. The molecule has 0 saturated carbocycles. The predicted octanol–water partition coefficient (Wildman–Crippen LogP) is 2.14. The first kappa shape index (κ1) is 15.9. The lowest BCUT2D eigenvalue weighted by molar-refractivity contribution is 0.598. The van der Waals surface area contributed by atoms with Gasteiger partial charge >= 0.3 is 0 Å². The van der Waals surface area contributed by atoms with Crippen LogP contribution < -0.4 is 10.0 Å². The molecule has 0 aliphatic rings. The van der Waals surface area contributed by atoms with Gasteiger partial charge in [-0.05, 0) is 48.1 Å². The fourth-order valence-corrected chi connectivity index (χ4v) is 3.80. The first-order valence-corrected chi connectivity index (χ1v) is 8.29. The van der Waals surface area contributed by atoms with E-state index in [4.69, 9.17) is 0 Å². The summed E-state index contributed by atoms with van der Waals surface area (Å²) in [5.74, 6) is -0.532. The fraction of sp³-hybridized carbons (Fsp3) is 0.250. The molecule has 1 aromatic carbocycles. The average molecular weight is 377 g/mol. The van der Waals surface area contributed by atoms with Crippen molar-refractivity contribution >= 4 is 31.6 Å². The second-order valence-corrected chi connectivity index (χ2v) is 6.86. The molecule has 6 nitrogen and oxygen atoms in total. The van der Waals surface area contributed by atoms with Gasteiger partial charge in [0.05, 0.1) is 17.1 Å². The summed E-state index contributed by atoms with van der Waals surface area (Å²) in [6.07, 6.45) is 0. The molecule has 9 heteroatoms. The fourth-order valence-electron chi connectivity index (χ4n) is 1.88. The van der Waals surface area contributed by atoms with Crippen LogP contribution in [0.3, 0.4) is 0 Å². The molecule has 0 aliphatic heterocycles. The van der Waals surface area contributed by atoms with Crippen molar-refractivity contribution in [3.8, 4) is 0 Å². The minimum atomic E-state index is -3.87. The summed E-state index contributed by atoms with van der Waals surface area (Å²) < 4.78 is 41.1. The minimum absolute atomic E-state index is 0.0630. The maximum Gasteiger partial charge on any atom is 0.265 e. The van der Waals surface area contributed by atoms with Crippen LogP contribution in [0.4, 0.5) is 10.1 Å². The number of aromatic amines is 1. The van der Waals surface area contributed by atoms with Crippen LogP contribution in [-0.2, 0) is 16.6 Å². The van der Waals surface area contributed by atoms with Gasteiger partial charge in [0.15, 0.2) is 0 Å². The van der Waals surface area contributed by atoms with Crippen molar-refractivity contribution in [2.75, 3.05) is 11.8 Å². The standard InChI is InChI=1S/C12H14BrFN4O2S/c1-7-12(11(6-15-2)17-16-7)21(19,20)18-10-5-8(14)3-4-9(10)13/h3-5,15,18H,6H2,1-2H3,(H,16,17). The quantitative estimate of drug-likeness (QED) is 0.745. The van der Waals surface area contributed by atoms with Gasteiger partial charge in [-0.25, -0.2) is 12.8 Å². The SMILES string of the molecule is CNCc1n[nH]c(C)c1S(=O)(=O)Nc1cc(F)ccc1Br. The third-order valence-electron chi connectivity index (χ3n) is 2.75. The van der Waals surface area contributed by atoms with Crippen molar-refractivity contribution in [1.82, 2.24) is 15.5 Å². The molecule has 114 valence electrons. The van der Waals surface area contributed by atoms with Crippen molar-refractivity contribution < 1.29 is 12.8 Å². The van der Waals surface area contributed by atoms with Gasteiger partial charge in [0, 0.05) is 11.0 Å². The van der Waals surface area contributed by atoms with Gasteiger partial charge in [0.1, 0.15) is 10.7 Å². The second-order valence-electron chi connectivity index (χ2n) is 4.38. The van der Waals surface area contributed by atoms with Crippen molar-refractivity contribution in [3.05, 3.63) is 39.9 Å². The number of H-pyrrole nitrogens is 1. The van der Waals surface area contributed by atoms with Crippen molar-refractivity contribution in [3.63, 3.8) is 0 Å². The average Bonchev–Trinajstić information content (AvgIpc) is 2.76. The highest BCUT2D eigenvalue weighted by Crippen LogP contribution is 2.27. The Morgan fingerprint density at radius 1 is 1.43 bits per heavy atom. The van der Waals surface area contributed by atoms with Gasteiger partial charge in [0.2, 0.25) is 0 Å². The third-order valence-corrected chi connectivity index (χ3v) is 5.01. The molecule has 0 saturated heterocycles. The van der Waals surface area contributed by atoms with Crippen molar-refractivity contribution in [1.29, 1.82) is 0 Å². The van der Waals surface area contributed by atoms with Crippen LogP contribution in [0, 0.1) is 12.7 Å². The Morgan fingerprint density at radius 2 is 2.14 bits per heavy atom. The van der Waals surface area contributed by atoms with Crippen LogP contribution in [0.25, 0.3) is 0 Å². The maximum absolute atomic E-state index is 13.3. The number of hydrogen-bond donors (Lipinski definition) is 3. The van der Waals surface area contributed by atoms with Crippen molar-refractivity contribution in [2.24, 2.45) is 0 Å². The number of halogens is 2. The molecule has 0 radical (unpaired) electrons. The smallest absolute Gasteiger partial charge is 0.265 e. The van der Waals surface area contributed by atoms with Gasteiger partial charge in [-0.2, -0.15) is 5.10 Å². The Bertz CT molecular complexity index is 761. The largest absolute Gasteiger partial charge is 0.314 e. The molecule has 1 aromatic heterocycles. The van der Waals surface area contributed by atoms with Gasteiger partial charge < -0.3 is 5.32 Å². The zero-order valence-corrected chi connectivity index (χ0v) is 13.8. The maximum atomic E-state index is 13.3. The van der Waals surface area contributed by atoms with E-state index in [2.05, 4.69) is 36.2 Å². The van der Waals surface area contributed by atoms with Gasteiger partial charge in [-0.15, -0.1) is 0 Å². The zero-order chi connectivity index (χ0) is 15.6. The highest BCUT2D eigenvalue weighted by molar-refractivity contribution is 9.10. The molecule has 0 aliphatic carbocycles. The molecule has 1 heterocycles. The topological polar surface area (TPSA) is 86.9 Å².